The Morgan fingerprint density at radius 2 is 1.81 bits per heavy atom. The molecule has 0 aliphatic carbocycles. The van der Waals surface area contributed by atoms with Gasteiger partial charge in [-0.25, -0.2) is 4.99 Å². The van der Waals surface area contributed by atoms with Gasteiger partial charge in [0.15, 0.2) is 5.96 Å². The van der Waals surface area contributed by atoms with Crippen molar-refractivity contribution in [2.45, 2.75) is 33.1 Å². The van der Waals surface area contributed by atoms with Crippen LogP contribution in [-0.4, -0.2) is 57.6 Å². The van der Waals surface area contributed by atoms with E-state index in [-0.39, 0.29) is 12.5 Å². The molecule has 0 bridgehead atoms. The summed E-state index contributed by atoms with van der Waals surface area (Å²) in [6.45, 7) is 8.23. The maximum Gasteiger partial charge on any atom is 0.243 e. The quantitative estimate of drug-likeness (QED) is 0.523. The van der Waals surface area contributed by atoms with E-state index in [9.17, 15) is 4.79 Å². The summed E-state index contributed by atoms with van der Waals surface area (Å²) in [6, 6.07) is 8.18. The summed E-state index contributed by atoms with van der Waals surface area (Å²) in [4.78, 5) is 17.7. The number of benzene rings is 1. The minimum atomic E-state index is -0.0118. The van der Waals surface area contributed by atoms with Gasteiger partial charge in [-0.3, -0.25) is 4.79 Å². The number of ether oxygens (including phenoxy) is 1. The molecule has 1 unspecified atom stereocenters. The third-order valence-electron chi connectivity index (χ3n) is 4.10. The molecule has 0 aliphatic heterocycles. The van der Waals surface area contributed by atoms with Gasteiger partial charge in [-0.15, -0.1) is 0 Å². The van der Waals surface area contributed by atoms with Crippen LogP contribution in [0, 0.1) is 5.92 Å². The van der Waals surface area contributed by atoms with Gasteiger partial charge < -0.3 is 20.3 Å². The number of likely N-dealkylation sites (N-methyl/N-ethyl adjacent to an activating group) is 1. The van der Waals surface area contributed by atoms with Crippen LogP contribution in [0.3, 0.4) is 0 Å². The number of hydrogen-bond acceptors (Lipinski definition) is 3. The summed E-state index contributed by atoms with van der Waals surface area (Å²) in [5, 5.41) is 6.63. The SMILES string of the molecule is COc1ccc(C(C)CCNC(=NCC(=O)N(C)C)NCC(C)C)cc1. The Morgan fingerprint density at radius 1 is 1.15 bits per heavy atom. The van der Waals surface area contributed by atoms with Gasteiger partial charge in [0.25, 0.3) is 0 Å². The molecule has 0 aliphatic rings. The fourth-order valence-electron chi connectivity index (χ4n) is 2.27. The van der Waals surface area contributed by atoms with E-state index in [0.717, 1.165) is 25.3 Å². The van der Waals surface area contributed by atoms with E-state index >= 15 is 0 Å². The molecule has 26 heavy (non-hydrogen) atoms. The van der Waals surface area contributed by atoms with E-state index in [1.807, 2.05) is 12.1 Å². The number of methoxy groups -OCH3 is 1. The standard InChI is InChI=1S/C20H34N4O2/c1-15(2)13-22-20(23-14-19(25)24(4)5)21-12-11-16(3)17-7-9-18(26-6)10-8-17/h7-10,15-16H,11-14H2,1-6H3,(H2,21,22,23). The van der Waals surface area contributed by atoms with Crippen molar-refractivity contribution in [3.05, 3.63) is 29.8 Å². The van der Waals surface area contributed by atoms with Crippen molar-refractivity contribution >= 4 is 11.9 Å². The summed E-state index contributed by atoms with van der Waals surface area (Å²) < 4.78 is 5.20. The Labute approximate surface area is 158 Å². The molecule has 1 atom stereocenters. The molecule has 6 nitrogen and oxygen atoms in total. The summed E-state index contributed by atoms with van der Waals surface area (Å²) >= 11 is 0. The lowest BCUT2D eigenvalue weighted by Gasteiger charge is -2.17. The fourth-order valence-corrected chi connectivity index (χ4v) is 2.27. The van der Waals surface area contributed by atoms with E-state index in [1.54, 1.807) is 26.1 Å². The topological polar surface area (TPSA) is 66.0 Å². The molecule has 1 aromatic rings. The third kappa shape index (κ3) is 8.23. The van der Waals surface area contributed by atoms with E-state index in [2.05, 4.69) is 48.5 Å². The van der Waals surface area contributed by atoms with Crippen molar-refractivity contribution in [2.75, 3.05) is 40.8 Å². The number of nitrogens with zero attached hydrogens (tertiary/aromatic N) is 2. The number of aliphatic imine (C=N–C) groups is 1. The number of carbonyl (C=O) groups excluding carboxylic acids is 1. The highest BCUT2D eigenvalue weighted by molar-refractivity contribution is 5.84. The zero-order valence-corrected chi connectivity index (χ0v) is 17.0. The fraction of sp³-hybridized carbons (Fsp3) is 0.600. The Balaban J connectivity index is 2.55. The van der Waals surface area contributed by atoms with Crippen LogP contribution in [0.1, 0.15) is 38.7 Å². The van der Waals surface area contributed by atoms with E-state index < -0.39 is 0 Å². The number of nitrogens with one attached hydrogen (secondary N) is 2. The van der Waals surface area contributed by atoms with Crippen LogP contribution in [0.15, 0.2) is 29.3 Å². The van der Waals surface area contributed by atoms with Crippen molar-refractivity contribution in [1.82, 2.24) is 15.5 Å². The van der Waals surface area contributed by atoms with Crippen LogP contribution in [0.25, 0.3) is 0 Å². The van der Waals surface area contributed by atoms with E-state index in [1.165, 1.54) is 5.56 Å². The second kappa shape index (κ2) is 11.4. The van der Waals surface area contributed by atoms with Gasteiger partial charge in [0, 0.05) is 27.2 Å². The average Bonchev–Trinajstić information content (AvgIpc) is 2.62. The Bertz CT molecular complexity index is 568. The normalized spacial score (nSPS) is 12.7. The molecule has 146 valence electrons. The molecule has 0 aromatic heterocycles. The monoisotopic (exact) mass is 362 g/mol. The van der Waals surface area contributed by atoms with Gasteiger partial charge in [0.2, 0.25) is 5.91 Å². The van der Waals surface area contributed by atoms with E-state index in [4.69, 9.17) is 4.74 Å². The van der Waals surface area contributed by atoms with Gasteiger partial charge in [0.05, 0.1) is 7.11 Å². The average molecular weight is 363 g/mol. The van der Waals surface area contributed by atoms with Crippen LogP contribution in [-0.2, 0) is 4.79 Å². The van der Waals surface area contributed by atoms with Crippen LogP contribution < -0.4 is 15.4 Å². The molecule has 0 radical (unpaired) electrons. The first-order chi connectivity index (χ1) is 12.3. The van der Waals surface area contributed by atoms with Crippen LogP contribution in [0.4, 0.5) is 0 Å². The van der Waals surface area contributed by atoms with Crippen molar-refractivity contribution < 1.29 is 9.53 Å². The lowest BCUT2D eigenvalue weighted by Crippen LogP contribution is -2.40. The molecule has 0 heterocycles. The smallest absolute Gasteiger partial charge is 0.243 e. The van der Waals surface area contributed by atoms with Crippen molar-refractivity contribution in [2.24, 2.45) is 10.9 Å². The Kier molecular flexibility index (Phi) is 9.55. The summed E-state index contributed by atoms with van der Waals surface area (Å²) in [7, 11) is 5.15. The highest BCUT2D eigenvalue weighted by Crippen LogP contribution is 2.21. The van der Waals surface area contributed by atoms with Crippen molar-refractivity contribution in [1.29, 1.82) is 0 Å². The second-order valence-corrected chi connectivity index (χ2v) is 7.12. The zero-order valence-electron chi connectivity index (χ0n) is 17.0. The number of amides is 1. The van der Waals surface area contributed by atoms with Crippen molar-refractivity contribution in [3.8, 4) is 5.75 Å². The number of guanidine groups is 1. The van der Waals surface area contributed by atoms with Gasteiger partial charge in [-0.05, 0) is 36.0 Å². The Morgan fingerprint density at radius 3 is 2.35 bits per heavy atom. The maximum absolute atomic E-state index is 11.8. The van der Waals surface area contributed by atoms with Gasteiger partial charge in [0.1, 0.15) is 12.3 Å². The van der Waals surface area contributed by atoms with Gasteiger partial charge >= 0.3 is 0 Å². The molecule has 0 fully saturated rings. The lowest BCUT2D eigenvalue weighted by atomic mass is 9.98. The highest BCUT2D eigenvalue weighted by atomic mass is 16.5. The number of rotatable bonds is 9. The molecule has 1 aromatic carbocycles. The summed E-state index contributed by atoms with van der Waals surface area (Å²) in [6.07, 6.45) is 0.969. The van der Waals surface area contributed by atoms with Gasteiger partial charge in [-0.2, -0.15) is 0 Å². The van der Waals surface area contributed by atoms with Crippen LogP contribution >= 0.6 is 0 Å². The molecule has 0 spiro atoms. The van der Waals surface area contributed by atoms with Gasteiger partial charge in [-0.1, -0.05) is 32.9 Å². The van der Waals surface area contributed by atoms with Crippen LogP contribution in [0.2, 0.25) is 0 Å². The second-order valence-electron chi connectivity index (χ2n) is 7.12. The summed E-state index contributed by atoms with van der Waals surface area (Å²) in [5.41, 5.74) is 1.28. The maximum atomic E-state index is 11.8. The first kappa shape index (κ1) is 21.8. The molecule has 1 rings (SSSR count). The highest BCUT2D eigenvalue weighted by Gasteiger charge is 2.08. The first-order valence-electron chi connectivity index (χ1n) is 9.19. The molecular weight excluding hydrogens is 328 g/mol. The van der Waals surface area contributed by atoms with E-state index in [0.29, 0.717) is 17.8 Å². The minimum Gasteiger partial charge on any atom is -0.497 e. The zero-order chi connectivity index (χ0) is 19.5. The number of hydrogen-bond donors (Lipinski definition) is 2. The molecule has 1 amide bonds. The summed E-state index contributed by atoms with van der Waals surface area (Å²) in [5.74, 6) is 2.47. The Hall–Kier alpha value is -2.24. The largest absolute Gasteiger partial charge is 0.497 e. The van der Waals surface area contributed by atoms with Crippen molar-refractivity contribution in [3.63, 3.8) is 0 Å². The minimum absolute atomic E-state index is 0.0118. The molecule has 2 N–H and O–H groups in total. The molecule has 0 saturated carbocycles. The third-order valence-corrected chi connectivity index (χ3v) is 4.10. The first-order valence-corrected chi connectivity index (χ1v) is 9.19. The molecule has 6 heteroatoms. The van der Waals surface area contributed by atoms with Crippen LogP contribution in [0.5, 0.6) is 5.75 Å². The molecule has 0 saturated heterocycles. The number of carbonyl (C=O) groups is 1. The lowest BCUT2D eigenvalue weighted by molar-refractivity contribution is -0.127. The predicted octanol–water partition coefficient (Wildman–Crippen LogP) is 2.47. The predicted molar refractivity (Wildman–Crippen MR) is 108 cm³/mol. The molecular formula is C20H34N4O2.